The van der Waals surface area contributed by atoms with Crippen molar-refractivity contribution in [1.82, 2.24) is 0 Å². The van der Waals surface area contributed by atoms with E-state index in [1.165, 1.54) is 26.0 Å². The fourth-order valence-electron chi connectivity index (χ4n) is 9.30. The topological polar surface area (TPSA) is 184 Å². The van der Waals surface area contributed by atoms with Gasteiger partial charge in [-0.05, 0) is 48.9 Å². The van der Waals surface area contributed by atoms with Crippen LogP contribution in [0, 0.1) is 28.6 Å². The lowest BCUT2D eigenvalue weighted by Crippen LogP contribution is -2.81. The summed E-state index contributed by atoms with van der Waals surface area (Å²) in [6, 6.07) is 16.2. The summed E-state index contributed by atoms with van der Waals surface area (Å²) in [7, 11) is 0. The molecule has 270 valence electrons. The number of fused-ring (bicyclic) bond motifs is 4. The number of ether oxygens (including phenoxy) is 6. The van der Waals surface area contributed by atoms with Crippen LogP contribution < -0.4 is 0 Å². The predicted octanol–water partition coefficient (Wildman–Crippen LogP) is 2.79. The molecule has 12 atom stereocenters. The Balaban J connectivity index is 1.60. The quantitative estimate of drug-likeness (QED) is 0.296. The van der Waals surface area contributed by atoms with Gasteiger partial charge in [0.05, 0.1) is 35.7 Å². The first-order valence-corrected chi connectivity index (χ1v) is 16.7. The second-order valence-electron chi connectivity index (χ2n) is 14.8. The van der Waals surface area contributed by atoms with E-state index in [-0.39, 0.29) is 24.2 Å². The average Bonchev–Trinajstić information content (AvgIpc) is 3.36. The van der Waals surface area contributed by atoms with Crippen molar-refractivity contribution in [1.29, 1.82) is 0 Å². The Morgan fingerprint density at radius 1 is 0.760 bits per heavy atom. The summed E-state index contributed by atoms with van der Waals surface area (Å²) in [5.74, 6) is -10.7. The van der Waals surface area contributed by atoms with Gasteiger partial charge in [-0.25, -0.2) is 9.59 Å². The van der Waals surface area contributed by atoms with E-state index in [0.29, 0.717) is 0 Å². The Bertz CT molecular complexity index is 1630. The molecule has 4 fully saturated rings. The number of rotatable bonds is 6. The van der Waals surface area contributed by atoms with Gasteiger partial charge in [0.25, 0.3) is 0 Å². The summed E-state index contributed by atoms with van der Waals surface area (Å²) in [4.78, 5) is 53.0. The van der Waals surface area contributed by atoms with Gasteiger partial charge in [-0.2, -0.15) is 0 Å². The molecular formula is C37H44O13. The van der Waals surface area contributed by atoms with Crippen LogP contribution in [0.3, 0.4) is 0 Å². The van der Waals surface area contributed by atoms with Gasteiger partial charge in [-0.1, -0.05) is 57.2 Å². The third-order valence-electron chi connectivity index (χ3n) is 11.4. The van der Waals surface area contributed by atoms with E-state index in [0.717, 1.165) is 6.92 Å². The molecule has 2 aromatic carbocycles. The van der Waals surface area contributed by atoms with Gasteiger partial charge >= 0.3 is 23.9 Å². The second-order valence-corrected chi connectivity index (χ2v) is 14.8. The third-order valence-corrected chi connectivity index (χ3v) is 11.4. The van der Waals surface area contributed by atoms with Gasteiger partial charge in [0.2, 0.25) is 5.79 Å². The Kier molecular flexibility index (Phi) is 9.13. The average molecular weight is 697 g/mol. The lowest BCUT2D eigenvalue weighted by atomic mass is 9.42. The van der Waals surface area contributed by atoms with E-state index < -0.39 is 101 Å². The molecule has 13 heteroatoms. The van der Waals surface area contributed by atoms with Crippen LogP contribution in [0.15, 0.2) is 60.7 Å². The second kappa shape index (κ2) is 12.7. The zero-order valence-corrected chi connectivity index (χ0v) is 28.8. The first kappa shape index (κ1) is 35.9. The van der Waals surface area contributed by atoms with Gasteiger partial charge < -0.3 is 43.7 Å². The highest BCUT2D eigenvalue weighted by molar-refractivity contribution is 5.90. The molecule has 13 nitrogen and oxygen atoms in total. The molecule has 0 unspecified atom stereocenters. The molecule has 2 saturated carbocycles. The lowest BCUT2D eigenvalue weighted by Gasteiger charge is -2.69. The molecule has 0 bridgehead atoms. The third kappa shape index (κ3) is 5.69. The molecule has 3 N–H and O–H groups in total. The Morgan fingerprint density at radius 2 is 1.30 bits per heavy atom. The summed E-state index contributed by atoms with van der Waals surface area (Å²) in [6.07, 6.45) is -8.63. The number of carbonyl (C=O) groups is 4. The molecule has 0 radical (unpaired) electrons. The fraction of sp³-hybridized carbons (Fsp3) is 0.568. The highest BCUT2D eigenvalue weighted by Crippen LogP contribution is 2.68. The first-order chi connectivity index (χ1) is 23.4. The predicted molar refractivity (Wildman–Crippen MR) is 172 cm³/mol. The highest BCUT2D eigenvalue weighted by atomic mass is 16.8. The molecule has 50 heavy (non-hydrogen) atoms. The van der Waals surface area contributed by atoms with Gasteiger partial charge in [0, 0.05) is 19.3 Å². The molecular weight excluding hydrogens is 652 g/mol. The largest absolute Gasteiger partial charge is 0.458 e. The maximum Gasteiger partial charge on any atom is 0.338 e. The van der Waals surface area contributed by atoms with Crippen LogP contribution in [0.4, 0.5) is 0 Å². The van der Waals surface area contributed by atoms with E-state index in [9.17, 15) is 34.5 Å². The molecule has 2 aliphatic carbocycles. The normalized spacial score (nSPS) is 39.9. The van der Waals surface area contributed by atoms with E-state index in [1.807, 2.05) is 0 Å². The number of carbonyl (C=O) groups excluding carboxylic acids is 4. The zero-order valence-electron chi connectivity index (χ0n) is 28.8. The molecule has 2 aromatic rings. The number of hydrogen-bond donors (Lipinski definition) is 3. The monoisotopic (exact) mass is 696 g/mol. The van der Waals surface area contributed by atoms with Crippen molar-refractivity contribution in [2.45, 2.75) is 96.2 Å². The maximum absolute atomic E-state index is 13.9. The Labute approximate surface area is 289 Å². The van der Waals surface area contributed by atoms with Gasteiger partial charge in [-0.15, -0.1) is 0 Å². The van der Waals surface area contributed by atoms with Gasteiger partial charge in [-0.3, -0.25) is 9.59 Å². The number of esters is 4. The summed E-state index contributed by atoms with van der Waals surface area (Å²) >= 11 is 0. The highest BCUT2D eigenvalue weighted by Gasteiger charge is 2.80. The molecule has 2 saturated heterocycles. The van der Waals surface area contributed by atoms with Crippen molar-refractivity contribution in [3.63, 3.8) is 0 Å². The van der Waals surface area contributed by atoms with Crippen LogP contribution in [-0.4, -0.2) is 94.0 Å². The van der Waals surface area contributed by atoms with Crippen LogP contribution in [0.2, 0.25) is 0 Å². The molecule has 0 amide bonds. The Hall–Kier alpha value is -3.88. The minimum Gasteiger partial charge on any atom is -0.458 e. The van der Waals surface area contributed by atoms with E-state index in [4.69, 9.17) is 28.4 Å². The minimum absolute atomic E-state index is 0.123. The minimum atomic E-state index is -2.50. The Morgan fingerprint density at radius 3 is 1.84 bits per heavy atom. The van der Waals surface area contributed by atoms with E-state index >= 15 is 0 Å². The summed E-state index contributed by atoms with van der Waals surface area (Å²) < 4.78 is 36.5. The lowest BCUT2D eigenvalue weighted by molar-refractivity contribution is -0.458. The number of aliphatic hydroxyl groups is 3. The SMILES string of the molecule is CC(=O)O[C@H]1[C@@H](O)C(C)(C)[C@@H]2C[C@@H](OC(C)=O)[C@@]3(O)O[C@@]4(C)OC[C@@H](O)[C@H]4[C@@H](OC(=O)c4ccccc4)[C@@H]3[C@@]2(C)[C@H]1OC(=O)c1ccccc1. The van der Waals surface area contributed by atoms with Gasteiger partial charge in [0.15, 0.2) is 18.0 Å². The standard InChI is InChI=1S/C37H44O13/c1-19(38)46-25-17-24-34(3,4)30(41)28(47-20(2)39)31(49-33(43)22-15-11-8-12-16-22)35(24,5)29-27(48-32(42)21-13-9-7-10-14-21)26-23(40)18-45-36(26,6)50-37(25,29)44/h7-16,23-31,40-41,44H,17-18H2,1-6H3/t23-,24+,25-,26+,27-,28+,29-,30-,31+,35+,36-,37-/m1/s1. The molecule has 0 spiro atoms. The van der Waals surface area contributed by atoms with E-state index in [2.05, 4.69) is 0 Å². The summed E-state index contributed by atoms with van der Waals surface area (Å²) in [5, 5.41) is 36.4. The first-order valence-electron chi connectivity index (χ1n) is 16.7. The molecule has 0 aromatic heterocycles. The van der Waals surface area contributed by atoms with Crippen molar-refractivity contribution >= 4 is 23.9 Å². The van der Waals surface area contributed by atoms with Crippen LogP contribution in [0.5, 0.6) is 0 Å². The molecule has 2 aliphatic heterocycles. The molecule has 6 rings (SSSR count). The summed E-state index contributed by atoms with van der Waals surface area (Å²) in [5.41, 5.74) is -2.42. The zero-order chi connectivity index (χ0) is 36.4. The van der Waals surface area contributed by atoms with Crippen molar-refractivity contribution in [2.75, 3.05) is 6.61 Å². The van der Waals surface area contributed by atoms with Gasteiger partial charge in [0.1, 0.15) is 18.3 Å². The van der Waals surface area contributed by atoms with Crippen LogP contribution >= 0.6 is 0 Å². The molecule has 2 heterocycles. The van der Waals surface area contributed by atoms with Crippen LogP contribution in [0.1, 0.15) is 68.7 Å². The smallest absolute Gasteiger partial charge is 0.338 e. The summed E-state index contributed by atoms with van der Waals surface area (Å²) in [6.45, 7) is 8.72. The van der Waals surface area contributed by atoms with E-state index in [1.54, 1.807) is 69.3 Å². The molecule has 4 aliphatic rings. The van der Waals surface area contributed by atoms with Crippen molar-refractivity contribution in [3.8, 4) is 0 Å². The van der Waals surface area contributed by atoms with Crippen molar-refractivity contribution < 1.29 is 62.9 Å². The number of hydrogen-bond acceptors (Lipinski definition) is 13. The van der Waals surface area contributed by atoms with Crippen LogP contribution in [0.25, 0.3) is 0 Å². The maximum atomic E-state index is 13.9. The number of benzene rings is 2. The fourth-order valence-corrected chi connectivity index (χ4v) is 9.30. The van der Waals surface area contributed by atoms with Crippen molar-refractivity contribution in [2.24, 2.45) is 28.6 Å². The van der Waals surface area contributed by atoms with Crippen molar-refractivity contribution in [3.05, 3.63) is 71.8 Å². The number of aliphatic hydroxyl groups excluding tert-OH is 2. The van der Waals surface area contributed by atoms with Crippen LogP contribution in [-0.2, 0) is 38.0 Å².